The Balaban J connectivity index is 2.30. The fraction of sp³-hybridized carbons (Fsp3) is 0.200. The van der Waals surface area contributed by atoms with Gasteiger partial charge in [0.1, 0.15) is 0 Å². The van der Waals surface area contributed by atoms with E-state index in [2.05, 4.69) is 15.9 Å². The minimum absolute atomic E-state index is 0.0189. The molecule has 2 aromatic carbocycles. The predicted octanol–water partition coefficient (Wildman–Crippen LogP) is 4.40. The topological polar surface area (TPSA) is 69.2 Å². The second-order valence-electron chi connectivity index (χ2n) is 4.80. The van der Waals surface area contributed by atoms with E-state index in [4.69, 9.17) is 5.73 Å². The summed E-state index contributed by atoms with van der Waals surface area (Å²) in [5.41, 5.74) is 6.76. The van der Waals surface area contributed by atoms with Crippen LogP contribution in [0.4, 0.5) is 5.69 Å². The van der Waals surface area contributed by atoms with Crippen LogP contribution in [-0.4, -0.2) is 11.0 Å². The molecular formula is C15H15BrN2O2S. The van der Waals surface area contributed by atoms with Crippen LogP contribution in [0.2, 0.25) is 0 Å². The Morgan fingerprint density at radius 2 is 1.95 bits per heavy atom. The molecule has 0 radical (unpaired) electrons. The van der Waals surface area contributed by atoms with E-state index in [-0.39, 0.29) is 16.7 Å². The fourth-order valence-electron chi connectivity index (χ4n) is 1.92. The smallest absolute Gasteiger partial charge is 0.283 e. The molecule has 0 amide bonds. The lowest BCUT2D eigenvalue weighted by molar-refractivity contribution is -0.387. The Kier molecular flexibility index (Phi) is 5.39. The van der Waals surface area contributed by atoms with Crippen LogP contribution in [0.25, 0.3) is 0 Å². The average Bonchev–Trinajstić information content (AvgIpc) is 2.42. The van der Waals surface area contributed by atoms with Gasteiger partial charge in [-0.25, -0.2) is 0 Å². The van der Waals surface area contributed by atoms with E-state index in [1.165, 1.54) is 11.8 Å². The second-order valence-corrected chi connectivity index (χ2v) is 6.83. The number of benzene rings is 2. The summed E-state index contributed by atoms with van der Waals surface area (Å²) in [6.45, 7) is 1.89. The largest absolute Gasteiger partial charge is 0.328 e. The van der Waals surface area contributed by atoms with Crippen molar-refractivity contribution < 1.29 is 4.92 Å². The van der Waals surface area contributed by atoms with Gasteiger partial charge in [0, 0.05) is 21.5 Å². The van der Waals surface area contributed by atoms with Gasteiger partial charge < -0.3 is 5.73 Å². The molecule has 2 aromatic rings. The standard InChI is InChI=1S/C15H15BrN2O2S/c1-10(17)8-11-2-7-15(14(9-11)18(19)20)21-13-5-3-12(16)4-6-13/h2-7,9-10H,8,17H2,1H3. The van der Waals surface area contributed by atoms with Crippen LogP contribution in [0.1, 0.15) is 12.5 Å². The molecule has 110 valence electrons. The van der Waals surface area contributed by atoms with Crippen LogP contribution in [0.5, 0.6) is 0 Å². The molecule has 0 bridgehead atoms. The van der Waals surface area contributed by atoms with Crippen molar-refractivity contribution in [1.29, 1.82) is 0 Å². The Morgan fingerprint density at radius 1 is 1.29 bits per heavy atom. The second kappa shape index (κ2) is 7.06. The maximum absolute atomic E-state index is 11.3. The van der Waals surface area contributed by atoms with E-state index in [1.807, 2.05) is 37.3 Å². The number of halogens is 1. The molecule has 0 fully saturated rings. The van der Waals surface area contributed by atoms with Gasteiger partial charge in [0.15, 0.2) is 0 Å². The van der Waals surface area contributed by atoms with E-state index < -0.39 is 0 Å². The van der Waals surface area contributed by atoms with Crippen molar-refractivity contribution in [3.63, 3.8) is 0 Å². The average molecular weight is 367 g/mol. The molecular weight excluding hydrogens is 352 g/mol. The molecule has 1 unspecified atom stereocenters. The first-order valence-electron chi connectivity index (χ1n) is 6.42. The summed E-state index contributed by atoms with van der Waals surface area (Å²) in [6.07, 6.45) is 0.629. The zero-order valence-electron chi connectivity index (χ0n) is 11.5. The highest BCUT2D eigenvalue weighted by Crippen LogP contribution is 2.35. The maximum atomic E-state index is 11.3. The van der Waals surface area contributed by atoms with Gasteiger partial charge in [0.25, 0.3) is 5.69 Å². The summed E-state index contributed by atoms with van der Waals surface area (Å²) in [5, 5.41) is 11.3. The van der Waals surface area contributed by atoms with Crippen molar-refractivity contribution in [2.75, 3.05) is 0 Å². The highest BCUT2D eigenvalue weighted by atomic mass is 79.9. The fourth-order valence-corrected chi connectivity index (χ4v) is 3.08. The summed E-state index contributed by atoms with van der Waals surface area (Å²) in [7, 11) is 0. The van der Waals surface area contributed by atoms with Gasteiger partial charge in [0.2, 0.25) is 0 Å². The molecule has 0 aromatic heterocycles. The van der Waals surface area contributed by atoms with Gasteiger partial charge in [-0.1, -0.05) is 33.8 Å². The van der Waals surface area contributed by atoms with Gasteiger partial charge in [0.05, 0.1) is 9.82 Å². The van der Waals surface area contributed by atoms with E-state index in [0.29, 0.717) is 11.3 Å². The molecule has 1 atom stereocenters. The Morgan fingerprint density at radius 3 is 2.52 bits per heavy atom. The number of hydrogen-bond acceptors (Lipinski definition) is 4. The third kappa shape index (κ3) is 4.56. The third-order valence-electron chi connectivity index (χ3n) is 2.82. The normalized spacial score (nSPS) is 12.1. The number of nitrogens with two attached hydrogens (primary N) is 1. The monoisotopic (exact) mass is 366 g/mol. The van der Waals surface area contributed by atoms with Gasteiger partial charge in [-0.05, 0) is 49.2 Å². The molecule has 0 aliphatic carbocycles. The highest BCUT2D eigenvalue weighted by molar-refractivity contribution is 9.10. The van der Waals surface area contributed by atoms with Gasteiger partial charge in [-0.2, -0.15) is 0 Å². The Bertz CT molecular complexity index is 645. The van der Waals surface area contributed by atoms with E-state index in [1.54, 1.807) is 12.1 Å². The van der Waals surface area contributed by atoms with Crippen molar-refractivity contribution in [3.05, 3.63) is 62.6 Å². The number of hydrogen-bond donors (Lipinski definition) is 1. The van der Waals surface area contributed by atoms with Crippen LogP contribution in [-0.2, 0) is 6.42 Å². The lowest BCUT2D eigenvalue weighted by Gasteiger charge is -2.08. The van der Waals surface area contributed by atoms with Crippen molar-refractivity contribution in [1.82, 2.24) is 0 Å². The molecule has 0 aliphatic heterocycles. The van der Waals surface area contributed by atoms with Crippen LogP contribution in [0, 0.1) is 10.1 Å². The van der Waals surface area contributed by atoms with E-state index >= 15 is 0 Å². The number of nitro groups is 1. The molecule has 21 heavy (non-hydrogen) atoms. The molecule has 2 N–H and O–H groups in total. The summed E-state index contributed by atoms with van der Waals surface area (Å²) >= 11 is 4.76. The van der Waals surface area contributed by atoms with E-state index in [0.717, 1.165) is 14.9 Å². The molecule has 6 heteroatoms. The van der Waals surface area contributed by atoms with Gasteiger partial charge in [-0.15, -0.1) is 0 Å². The van der Waals surface area contributed by atoms with Gasteiger partial charge >= 0.3 is 0 Å². The minimum Gasteiger partial charge on any atom is -0.328 e. The lowest BCUT2D eigenvalue weighted by Crippen LogP contribution is -2.17. The molecule has 0 aliphatic rings. The summed E-state index contributed by atoms with van der Waals surface area (Å²) in [4.78, 5) is 12.5. The number of nitro benzene ring substituents is 1. The van der Waals surface area contributed by atoms with Crippen LogP contribution in [0.3, 0.4) is 0 Å². The van der Waals surface area contributed by atoms with Crippen molar-refractivity contribution in [2.45, 2.75) is 29.2 Å². The summed E-state index contributed by atoms with van der Waals surface area (Å²) in [6, 6.07) is 13.0. The molecule has 4 nitrogen and oxygen atoms in total. The first kappa shape index (κ1) is 16.0. The SMILES string of the molecule is CC(N)Cc1ccc(Sc2ccc(Br)cc2)c([N+](=O)[O-])c1. The molecule has 0 heterocycles. The third-order valence-corrected chi connectivity index (χ3v) is 4.42. The number of rotatable bonds is 5. The first-order chi connectivity index (χ1) is 9.95. The quantitative estimate of drug-likeness (QED) is 0.628. The first-order valence-corrected chi connectivity index (χ1v) is 8.03. The molecule has 2 rings (SSSR count). The van der Waals surface area contributed by atoms with Crippen LogP contribution < -0.4 is 5.73 Å². The molecule has 0 spiro atoms. The Hall–Kier alpha value is -1.37. The molecule has 0 saturated carbocycles. The molecule has 0 saturated heterocycles. The lowest BCUT2D eigenvalue weighted by atomic mass is 10.1. The van der Waals surface area contributed by atoms with Crippen LogP contribution >= 0.6 is 27.7 Å². The number of nitrogens with zero attached hydrogens (tertiary/aromatic N) is 1. The van der Waals surface area contributed by atoms with E-state index in [9.17, 15) is 10.1 Å². The Labute approximate surface area is 136 Å². The zero-order valence-corrected chi connectivity index (χ0v) is 13.9. The van der Waals surface area contributed by atoms with Crippen molar-refractivity contribution in [2.24, 2.45) is 5.73 Å². The van der Waals surface area contributed by atoms with Crippen molar-refractivity contribution in [3.8, 4) is 0 Å². The maximum Gasteiger partial charge on any atom is 0.283 e. The van der Waals surface area contributed by atoms with Crippen LogP contribution in [0.15, 0.2) is 56.7 Å². The summed E-state index contributed by atoms with van der Waals surface area (Å²) in [5.74, 6) is 0. The van der Waals surface area contributed by atoms with Crippen molar-refractivity contribution >= 4 is 33.4 Å². The predicted molar refractivity (Wildman–Crippen MR) is 88.7 cm³/mol. The van der Waals surface area contributed by atoms with Gasteiger partial charge in [-0.3, -0.25) is 10.1 Å². The minimum atomic E-state index is -0.341. The highest BCUT2D eigenvalue weighted by Gasteiger charge is 2.16. The zero-order chi connectivity index (χ0) is 15.4. The summed E-state index contributed by atoms with van der Waals surface area (Å²) < 4.78 is 0.980.